The molecule has 74 heavy (non-hydrogen) atoms. The normalized spacial score (nSPS) is 30.3. The highest BCUT2D eigenvalue weighted by Gasteiger charge is 2.69. The molecular weight excluding hydrogens is 961 g/mol. The lowest BCUT2D eigenvalue weighted by atomic mass is 9.73. The van der Waals surface area contributed by atoms with Gasteiger partial charge in [0.2, 0.25) is 0 Å². The number of fused-ring (bicyclic) bond motifs is 2. The van der Waals surface area contributed by atoms with Gasteiger partial charge in [0, 0.05) is 25.7 Å². The molecule has 402 valence electrons. The Morgan fingerprint density at radius 2 is 0.784 bits per heavy atom. The van der Waals surface area contributed by atoms with E-state index >= 15 is 0 Å². The zero-order chi connectivity index (χ0) is 50.1. The van der Waals surface area contributed by atoms with Crippen LogP contribution in [-0.4, -0.2) is 93.7 Å². The average Bonchev–Trinajstić information content (AvgIpc) is 3.98. The standard InChI is InChI=1S/C33H40O5Si.C26H34O5Si.3CH4/c1-31(2,3)39(26-17-11-7-12-18-26,27-19-13-8-14-20-27)38-25-21-33(22-25)29(34-23-24-15-9-6-10-16-24)28-30(37-33)36-32(4,5)35-28;1-24(2,3)32(19-12-8-6-9-13-19,20-14-10-7-11-15-20)31-18-16-26(17-18)22(27)21-23(30-26)29-25(4,5)28-21;;;/h6-20,25,28-30H,21-23H2,1-5H3;6-15,18,21-23,27H,16-17H2,1-5H3;3*1H4/t25?,28-,29-,30+,33?;18?,21-,22-,23+,26?;;;/m11.../s1. The number of benzene rings is 5. The third-order valence-corrected chi connectivity index (χ3v) is 25.8. The van der Waals surface area contributed by atoms with Gasteiger partial charge in [-0.3, -0.25) is 0 Å². The molecule has 10 nitrogen and oxygen atoms in total. The molecule has 11 rings (SSSR count). The third-order valence-electron chi connectivity index (χ3n) is 15.6. The lowest BCUT2D eigenvalue weighted by Crippen LogP contribution is -2.70. The van der Waals surface area contributed by atoms with Gasteiger partial charge in [-0.15, -0.1) is 0 Å². The first-order valence-corrected chi connectivity index (χ1v) is 29.5. The first-order valence-electron chi connectivity index (χ1n) is 25.7. The number of aliphatic hydroxyl groups is 1. The van der Waals surface area contributed by atoms with Crippen LogP contribution in [0, 0.1) is 0 Å². The molecule has 2 saturated carbocycles. The molecule has 12 heteroatoms. The molecule has 0 aromatic heterocycles. The maximum atomic E-state index is 11.0. The van der Waals surface area contributed by atoms with Crippen molar-refractivity contribution in [3.63, 3.8) is 0 Å². The molecule has 4 heterocycles. The van der Waals surface area contributed by atoms with Crippen LogP contribution < -0.4 is 20.7 Å². The number of hydrogen-bond donors (Lipinski definition) is 1. The Morgan fingerprint density at radius 1 is 0.459 bits per heavy atom. The molecule has 2 aliphatic carbocycles. The maximum Gasteiger partial charge on any atom is 0.261 e. The van der Waals surface area contributed by atoms with Gasteiger partial charge in [-0.25, -0.2) is 0 Å². The van der Waals surface area contributed by atoms with Crippen molar-refractivity contribution in [1.82, 2.24) is 0 Å². The molecule has 5 aromatic carbocycles. The van der Waals surface area contributed by atoms with Gasteiger partial charge in [-0.1, -0.05) is 215 Å². The lowest BCUT2D eigenvalue weighted by molar-refractivity contribution is -0.273. The fourth-order valence-corrected chi connectivity index (χ4v) is 21.8. The second kappa shape index (κ2) is 21.5. The smallest absolute Gasteiger partial charge is 0.261 e. The fourth-order valence-electron chi connectivity index (χ4n) is 12.5. The molecule has 6 atom stereocenters. The van der Waals surface area contributed by atoms with Crippen LogP contribution in [0.5, 0.6) is 0 Å². The van der Waals surface area contributed by atoms with E-state index in [4.69, 9.17) is 42.0 Å². The van der Waals surface area contributed by atoms with Crippen LogP contribution in [0.25, 0.3) is 0 Å². The summed E-state index contributed by atoms with van der Waals surface area (Å²) in [5.41, 5.74) is -0.00723. The Balaban J connectivity index is 0.000000211. The average molecular weight is 1050 g/mol. The van der Waals surface area contributed by atoms with Crippen molar-refractivity contribution in [1.29, 1.82) is 0 Å². The largest absolute Gasteiger partial charge is 0.404 e. The summed E-state index contributed by atoms with van der Waals surface area (Å²) in [6, 6.07) is 53.2. The van der Waals surface area contributed by atoms with Crippen molar-refractivity contribution in [2.24, 2.45) is 0 Å². The van der Waals surface area contributed by atoms with Gasteiger partial charge in [-0.05, 0) is 64.1 Å². The summed E-state index contributed by atoms with van der Waals surface area (Å²) in [5.74, 6) is -1.42. The van der Waals surface area contributed by atoms with Crippen molar-refractivity contribution in [2.45, 2.75) is 206 Å². The summed E-state index contributed by atoms with van der Waals surface area (Å²) in [6.45, 7) is 21.9. The van der Waals surface area contributed by atoms with Crippen LogP contribution in [0.1, 0.15) is 123 Å². The highest BCUT2D eigenvalue weighted by molar-refractivity contribution is 7.00. The van der Waals surface area contributed by atoms with Crippen molar-refractivity contribution >= 4 is 37.4 Å². The molecule has 2 spiro atoms. The summed E-state index contributed by atoms with van der Waals surface area (Å²) in [5, 5.41) is 16.0. The monoisotopic (exact) mass is 1050 g/mol. The van der Waals surface area contributed by atoms with Crippen LogP contribution >= 0.6 is 0 Å². The molecule has 4 saturated heterocycles. The van der Waals surface area contributed by atoms with Gasteiger partial charge in [-0.2, -0.15) is 0 Å². The van der Waals surface area contributed by atoms with Gasteiger partial charge in [0.25, 0.3) is 16.6 Å². The Labute approximate surface area is 445 Å². The van der Waals surface area contributed by atoms with Crippen molar-refractivity contribution in [2.75, 3.05) is 0 Å². The Bertz CT molecular complexity index is 2480. The highest BCUT2D eigenvalue weighted by atomic mass is 28.4. The predicted molar refractivity (Wildman–Crippen MR) is 300 cm³/mol. The Hall–Kier alpha value is -3.87. The van der Waals surface area contributed by atoms with E-state index < -0.39 is 64.2 Å². The number of aliphatic hydroxyl groups excluding tert-OH is 1. The van der Waals surface area contributed by atoms with E-state index in [1.807, 2.05) is 45.9 Å². The SMILES string of the molecule is C.C.C.CC1(C)O[C@H]2OC3(CC(O[Si](c4ccccc4)(c4ccccc4)C(C)(C)C)C3)[C@H](O)[C@H]2O1.CC1(C)O[C@H]2OC3(CC(O[Si](c4ccccc4)(c4ccccc4)C(C)(C)C)C3)[C@H](OCc3ccccc3)[C@H]2O1. The minimum absolute atomic E-state index is 0. The Kier molecular flexibility index (Phi) is 16.8. The zero-order valence-corrected chi connectivity index (χ0v) is 45.2. The summed E-state index contributed by atoms with van der Waals surface area (Å²) in [6.07, 6.45) is 0.205. The molecule has 0 amide bonds. The van der Waals surface area contributed by atoms with Gasteiger partial charge in [0.15, 0.2) is 24.2 Å². The molecule has 0 bridgehead atoms. The lowest BCUT2D eigenvalue weighted by Gasteiger charge is -2.53. The van der Waals surface area contributed by atoms with E-state index in [1.165, 1.54) is 20.7 Å². The van der Waals surface area contributed by atoms with Gasteiger partial charge in [0.1, 0.15) is 35.6 Å². The van der Waals surface area contributed by atoms with E-state index in [1.54, 1.807) is 0 Å². The quantitative estimate of drug-likeness (QED) is 0.129. The number of rotatable bonds is 11. The first kappa shape index (κ1) is 57.8. The van der Waals surface area contributed by atoms with Gasteiger partial charge < -0.3 is 47.1 Å². The van der Waals surface area contributed by atoms with Crippen LogP contribution in [0.4, 0.5) is 0 Å². The van der Waals surface area contributed by atoms with Gasteiger partial charge >= 0.3 is 0 Å². The summed E-state index contributed by atoms with van der Waals surface area (Å²) >= 11 is 0. The minimum atomic E-state index is -2.65. The van der Waals surface area contributed by atoms with Crippen LogP contribution in [0.2, 0.25) is 10.1 Å². The van der Waals surface area contributed by atoms with E-state index in [9.17, 15) is 5.11 Å². The molecule has 0 unspecified atom stereocenters. The van der Waals surface area contributed by atoms with E-state index in [2.05, 4.69) is 175 Å². The number of hydrogen-bond acceptors (Lipinski definition) is 10. The van der Waals surface area contributed by atoms with Crippen LogP contribution in [0.3, 0.4) is 0 Å². The highest BCUT2D eigenvalue weighted by Crippen LogP contribution is 2.56. The molecule has 1 N–H and O–H groups in total. The Morgan fingerprint density at radius 3 is 1.15 bits per heavy atom. The molecule has 6 aliphatic rings. The maximum absolute atomic E-state index is 11.0. The predicted octanol–water partition coefficient (Wildman–Crippen LogP) is 10.8. The first-order chi connectivity index (χ1) is 33.7. The van der Waals surface area contributed by atoms with Crippen molar-refractivity contribution in [3.8, 4) is 0 Å². The molecule has 4 aliphatic heterocycles. The zero-order valence-electron chi connectivity index (χ0n) is 43.2. The van der Waals surface area contributed by atoms with E-state index in [0.717, 1.165) is 18.4 Å². The third kappa shape index (κ3) is 10.5. The minimum Gasteiger partial charge on any atom is -0.404 e. The second-order valence-corrected chi connectivity index (χ2v) is 32.1. The summed E-state index contributed by atoms with van der Waals surface area (Å²) in [7, 11) is -5.28. The summed E-state index contributed by atoms with van der Waals surface area (Å²) < 4.78 is 58.3. The fraction of sp³-hybridized carbons (Fsp3) is 0.516. The molecule has 0 radical (unpaired) electrons. The van der Waals surface area contributed by atoms with Crippen molar-refractivity contribution < 1.29 is 47.1 Å². The van der Waals surface area contributed by atoms with E-state index in [0.29, 0.717) is 19.4 Å². The molecular formula is C62H86O10Si2. The van der Waals surface area contributed by atoms with Gasteiger partial charge in [0.05, 0.1) is 18.8 Å². The summed E-state index contributed by atoms with van der Waals surface area (Å²) in [4.78, 5) is 0. The molecule has 5 aromatic rings. The van der Waals surface area contributed by atoms with Crippen LogP contribution in [0.15, 0.2) is 152 Å². The van der Waals surface area contributed by atoms with Crippen molar-refractivity contribution in [3.05, 3.63) is 157 Å². The van der Waals surface area contributed by atoms with E-state index in [-0.39, 0.29) is 56.8 Å². The van der Waals surface area contributed by atoms with Crippen LogP contribution in [-0.2, 0) is 48.6 Å². The number of ether oxygens (including phenoxy) is 7. The topological polar surface area (TPSA) is 103 Å². The molecule has 6 fully saturated rings. The second-order valence-electron chi connectivity index (χ2n) is 23.6.